The van der Waals surface area contributed by atoms with Gasteiger partial charge in [-0.05, 0) is 147 Å². The lowest BCUT2D eigenvalue weighted by atomic mass is 9.33. The monoisotopic (exact) mass is 799 g/mol. The minimum absolute atomic E-state index is 0.0132. The summed E-state index contributed by atoms with van der Waals surface area (Å²) in [5, 5.41) is 16.1. The van der Waals surface area contributed by atoms with Crippen molar-refractivity contribution in [2.45, 2.75) is 164 Å². The van der Waals surface area contributed by atoms with Crippen LogP contribution in [-0.2, 0) is 23.9 Å². The molecule has 9 heteroatoms. The number of nitrogens with one attached hydrogen (secondary N) is 2. The summed E-state index contributed by atoms with van der Waals surface area (Å²) in [4.78, 5) is 67.3. The maximum absolute atomic E-state index is 14.4. The highest BCUT2D eigenvalue weighted by atomic mass is 16.5. The fourth-order valence-electron chi connectivity index (χ4n) is 14.4. The molecular weight excluding hydrogens is 729 g/mol. The van der Waals surface area contributed by atoms with E-state index in [4.69, 9.17) is 4.74 Å². The molecule has 318 valence electrons. The summed E-state index contributed by atoms with van der Waals surface area (Å²) in [6, 6.07) is 7.31. The van der Waals surface area contributed by atoms with Crippen LogP contribution in [0.4, 0.5) is 0 Å². The molecule has 9 nitrogen and oxygen atoms in total. The van der Waals surface area contributed by atoms with Crippen LogP contribution in [0.3, 0.4) is 0 Å². The van der Waals surface area contributed by atoms with E-state index in [2.05, 4.69) is 59.1 Å². The molecule has 58 heavy (non-hydrogen) atoms. The molecular formula is C49H70N2O7. The van der Waals surface area contributed by atoms with Crippen molar-refractivity contribution in [3.05, 3.63) is 46.5 Å². The molecule has 1 aromatic rings. The largest absolute Gasteiger partial charge is 0.481 e. The Bertz CT molecular complexity index is 1940. The number of carboxylic acids is 1. The molecule has 3 N–H and O–H groups in total. The van der Waals surface area contributed by atoms with Gasteiger partial charge in [0.2, 0.25) is 5.91 Å². The molecule has 5 saturated carbocycles. The maximum atomic E-state index is 14.4. The van der Waals surface area contributed by atoms with Gasteiger partial charge in [-0.25, -0.2) is 0 Å². The zero-order chi connectivity index (χ0) is 42.8. The molecule has 0 spiro atoms. The highest BCUT2D eigenvalue weighted by Gasteiger charge is 2.71. The van der Waals surface area contributed by atoms with Crippen LogP contribution in [0.1, 0.15) is 156 Å². The van der Waals surface area contributed by atoms with Crippen LogP contribution in [-0.4, -0.2) is 51.8 Å². The van der Waals surface area contributed by atoms with Crippen molar-refractivity contribution in [1.82, 2.24) is 10.6 Å². The summed E-state index contributed by atoms with van der Waals surface area (Å²) in [6.07, 6.45) is 7.75. The summed E-state index contributed by atoms with van der Waals surface area (Å²) < 4.78 is 6.41. The molecule has 0 heterocycles. The number of benzene rings is 1. The second-order valence-electron chi connectivity index (χ2n) is 22.5. The lowest BCUT2D eigenvalue weighted by molar-refractivity contribution is -0.235. The fourth-order valence-corrected chi connectivity index (χ4v) is 14.4. The number of carboxylic acid groups (broad SMARTS) is 1. The molecule has 0 radical (unpaired) electrons. The summed E-state index contributed by atoms with van der Waals surface area (Å²) in [7, 11) is 0. The number of allylic oxidation sites excluding steroid dienone is 1. The molecule has 0 aliphatic heterocycles. The van der Waals surface area contributed by atoms with Gasteiger partial charge in [-0.2, -0.15) is 0 Å². The summed E-state index contributed by atoms with van der Waals surface area (Å²) in [6.45, 7) is 25.5. The number of fused-ring (bicyclic) bond motifs is 7. The molecule has 10 atom stereocenters. The second-order valence-corrected chi connectivity index (χ2v) is 22.5. The average Bonchev–Trinajstić information content (AvgIpc) is 3.41. The van der Waals surface area contributed by atoms with Crippen LogP contribution < -0.4 is 10.6 Å². The lowest BCUT2D eigenvalue weighted by Gasteiger charge is -2.72. The van der Waals surface area contributed by atoms with Gasteiger partial charge in [0.1, 0.15) is 11.6 Å². The van der Waals surface area contributed by atoms with E-state index >= 15 is 0 Å². The number of ketones is 1. The Morgan fingerprint density at radius 2 is 1.47 bits per heavy atom. The van der Waals surface area contributed by atoms with Gasteiger partial charge in [-0.1, -0.05) is 80.0 Å². The summed E-state index contributed by atoms with van der Waals surface area (Å²) >= 11 is 0. The first kappa shape index (κ1) is 42.6. The maximum Gasteiger partial charge on any atom is 0.309 e. The van der Waals surface area contributed by atoms with Crippen LogP contribution in [0.2, 0.25) is 0 Å². The minimum Gasteiger partial charge on any atom is -0.481 e. The van der Waals surface area contributed by atoms with Crippen LogP contribution >= 0.6 is 0 Å². The van der Waals surface area contributed by atoms with Crippen LogP contribution in [0.15, 0.2) is 35.4 Å². The molecule has 0 aromatic heterocycles. The SMILES string of the molecule is Cc1ccc(C(=O)NC(C)(C)C(=O)N[C@@]23CC[C@]4(C)[C@H](CC[C@@H]5[C@@]6(C)CC[C@H](OC(=O)[C@H]7C[C@@H](C(=O)O)C7(C)C)C(C)(C)[C@@H]6CC[C@]54C)C2=C(C(C)C)C(=O)C3)cc1. The molecule has 5 fully saturated rings. The van der Waals surface area contributed by atoms with Crippen molar-refractivity contribution in [3.63, 3.8) is 0 Å². The van der Waals surface area contributed by atoms with Crippen molar-refractivity contribution >= 4 is 29.5 Å². The molecule has 0 saturated heterocycles. The van der Waals surface area contributed by atoms with E-state index in [1.807, 2.05) is 32.9 Å². The Kier molecular flexibility index (Phi) is 10.1. The third-order valence-corrected chi connectivity index (χ3v) is 18.1. The van der Waals surface area contributed by atoms with Crippen molar-refractivity contribution in [2.75, 3.05) is 0 Å². The van der Waals surface area contributed by atoms with E-state index < -0.39 is 34.3 Å². The number of rotatable bonds is 8. The topological polar surface area (TPSA) is 139 Å². The summed E-state index contributed by atoms with van der Waals surface area (Å²) in [5.41, 5.74) is 0.649. The Morgan fingerprint density at radius 3 is 2.07 bits per heavy atom. The normalized spacial score (nSPS) is 38.7. The van der Waals surface area contributed by atoms with E-state index in [-0.39, 0.29) is 69.6 Å². The quantitative estimate of drug-likeness (QED) is 0.223. The van der Waals surface area contributed by atoms with E-state index in [0.717, 1.165) is 61.7 Å². The van der Waals surface area contributed by atoms with Gasteiger partial charge in [-0.15, -0.1) is 0 Å². The highest BCUT2D eigenvalue weighted by molar-refractivity contribution is 6.03. The van der Waals surface area contributed by atoms with Crippen molar-refractivity contribution in [3.8, 4) is 0 Å². The number of aryl methyl sites for hydroxylation is 1. The third kappa shape index (κ3) is 6.15. The number of Topliss-reactive ketones (excluding diaryl/α,β-unsaturated/α-hetero) is 1. The Balaban J connectivity index is 1.13. The number of hydrogen-bond donors (Lipinski definition) is 3. The van der Waals surface area contributed by atoms with E-state index in [0.29, 0.717) is 30.2 Å². The van der Waals surface area contributed by atoms with E-state index in [9.17, 15) is 29.1 Å². The number of amides is 2. The zero-order valence-corrected chi connectivity index (χ0v) is 37.3. The van der Waals surface area contributed by atoms with Gasteiger partial charge in [0.25, 0.3) is 5.91 Å². The number of carbonyl (C=O) groups is 5. The van der Waals surface area contributed by atoms with E-state index in [1.54, 1.807) is 26.0 Å². The Hall–Kier alpha value is -3.49. The fraction of sp³-hybridized carbons (Fsp3) is 0.735. The lowest BCUT2D eigenvalue weighted by Crippen LogP contribution is -2.68. The van der Waals surface area contributed by atoms with Gasteiger partial charge in [0, 0.05) is 17.4 Å². The predicted molar refractivity (Wildman–Crippen MR) is 223 cm³/mol. The minimum atomic E-state index is -1.21. The van der Waals surface area contributed by atoms with Gasteiger partial charge < -0.3 is 20.5 Å². The number of esters is 1. The predicted octanol–water partition coefficient (Wildman–Crippen LogP) is 9.01. The van der Waals surface area contributed by atoms with Gasteiger partial charge >= 0.3 is 11.9 Å². The smallest absolute Gasteiger partial charge is 0.309 e. The first-order valence-electron chi connectivity index (χ1n) is 22.2. The number of aliphatic carboxylic acids is 1. The molecule has 2 amide bonds. The standard InChI is InChI=1S/C49H70N2O7/c1-27(2)37-33(52)26-49(51-42(57)45(8,9)50-39(53)29-15-13-28(3)14-16-29)24-23-47(11)30(38(37)49)17-18-35-46(10)21-20-36(44(6,7)34(46)19-22-48(35,47)12)58-41(56)32-25-31(40(54)55)43(32,4)5/h13-16,27,30-32,34-36H,17-26H2,1-12H3,(H,50,53)(H,51,57)(H,54,55)/t30-,31+,32-,34+,35-,36+,46+,47-,48-,49-/m1/s1. The first-order valence-corrected chi connectivity index (χ1v) is 22.2. The molecule has 0 bridgehead atoms. The van der Waals surface area contributed by atoms with Gasteiger partial charge in [0.05, 0.1) is 17.4 Å². The zero-order valence-electron chi connectivity index (χ0n) is 37.3. The molecule has 1 aromatic carbocycles. The van der Waals surface area contributed by atoms with Crippen molar-refractivity contribution < 1.29 is 33.8 Å². The summed E-state index contributed by atoms with van der Waals surface area (Å²) in [5.74, 6) is -1.51. The Morgan fingerprint density at radius 1 is 0.810 bits per heavy atom. The van der Waals surface area contributed by atoms with Gasteiger partial charge in [0.15, 0.2) is 5.78 Å². The average molecular weight is 799 g/mol. The van der Waals surface area contributed by atoms with E-state index in [1.165, 1.54) is 0 Å². The Labute approximate surface area is 346 Å². The van der Waals surface area contributed by atoms with Crippen molar-refractivity contribution in [2.24, 2.45) is 62.6 Å². The number of carbonyl (C=O) groups excluding carboxylic acids is 4. The second kappa shape index (κ2) is 13.8. The van der Waals surface area contributed by atoms with Crippen LogP contribution in [0, 0.1) is 69.5 Å². The molecule has 6 aliphatic rings. The van der Waals surface area contributed by atoms with Crippen molar-refractivity contribution in [1.29, 1.82) is 0 Å². The van der Waals surface area contributed by atoms with Gasteiger partial charge in [-0.3, -0.25) is 24.0 Å². The number of hydrogen-bond acceptors (Lipinski definition) is 6. The third-order valence-electron chi connectivity index (χ3n) is 18.1. The van der Waals surface area contributed by atoms with Crippen LogP contribution in [0.25, 0.3) is 0 Å². The highest BCUT2D eigenvalue weighted by Crippen LogP contribution is 2.76. The number of ether oxygens (including phenoxy) is 1. The van der Waals surface area contributed by atoms with Crippen LogP contribution in [0.5, 0.6) is 0 Å². The molecule has 0 unspecified atom stereocenters. The molecule has 6 aliphatic carbocycles. The molecule has 7 rings (SSSR count). The first-order chi connectivity index (χ1) is 26.8.